The lowest BCUT2D eigenvalue weighted by atomic mass is 10.1. The van der Waals surface area contributed by atoms with E-state index < -0.39 is 15.7 Å². The molecule has 8 heteroatoms. The van der Waals surface area contributed by atoms with Crippen LogP contribution in [0.25, 0.3) is 0 Å². The minimum atomic E-state index is -2.94. The van der Waals surface area contributed by atoms with Crippen molar-refractivity contribution in [2.24, 2.45) is 5.92 Å². The van der Waals surface area contributed by atoms with Gasteiger partial charge in [-0.25, -0.2) is 12.8 Å². The fourth-order valence-corrected chi connectivity index (χ4v) is 4.09. The monoisotopic (exact) mass is 335 g/mol. The Bertz CT molecular complexity index is 635. The van der Waals surface area contributed by atoms with Gasteiger partial charge < -0.3 is 10.1 Å². The fourth-order valence-electron chi connectivity index (χ4n) is 2.06. The first-order valence-electron chi connectivity index (χ1n) is 6.41. The second-order valence-corrected chi connectivity index (χ2v) is 7.57. The molecule has 0 aliphatic carbocycles. The summed E-state index contributed by atoms with van der Waals surface area (Å²) in [6.07, 6.45) is 0.567. The molecule has 1 aliphatic heterocycles. The van der Waals surface area contributed by atoms with E-state index in [-0.39, 0.29) is 35.0 Å². The van der Waals surface area contributed by atoms with Crippen LogP contribution in [-0.4, -0.2) is 39.0 Å². The van der Waals surface area contributed by atoms with Gasteiger partial charge >= 0.3 is 0 Å². The minimum absolute atomic E-state index is 0.0424. The number of amides is 1. The SMILES string of the molecule is O=C(COc1ccc(F)c(Cl)c1)NCC1CCS(=O)(=O)C1. The van der Waals surface area contributed by atoms with Crippen molar-refractivity contribution in [1.82, 2.24) is 5.32 Å². The van der Waals surface area contributed by atoms with Crippen LogP contribution in [0.15, 0.2) is 18.2 Å². The van der Waals surface area contributed by atoms with Crippen LogP contribution in [0.2, 0.25) is 5.02 Å². The van der Waals surface area contributed by atoms with Crippen LogP contribution >= 0.6 is 11.6 Å². The molecule has 1 heterocycles. The van der Waals surface area contributed by atoms with E-state index in [2.05, 4.69) is 5.32 Å². The molecule has 5 nitrogen and oxygen atoms in total. The van der Waals surface area contributed by atoms with Crippen LogP contribution in [0.3, 0.4) is 0 Å². The Morgan fingerprint density at radius 1 is 1.48 bits per heavy atom. The number of rotatable bonds is 5. The van der Waals surface area contributed by atoms with Gasteiger partial charge in [0.25, 0.3) is 5.91 Å². The molecule has 1 N–H and O–H groups in total. The van der Waals surface area contributed by atoms with Gasteiger partial charge in [0.15, 0.2) is 16.4 Å². The third-order valence-corrected chi connectivity index (χ3v) is 5.30. The molecule has 21 heavy (non-hydrogen) atoms. The molecule has 116 valence electrons. The average molecular weight is 336 g/mol. The molecule has 0 spiro atoms. The smallest absolute Gasteiger partial charge is 0.257 e. The summed E-state index contributed by atoms with van der Waals surface area (Å²) in [5, 5.41) is 2.54. The van der Waals surface area contributed by atoms with Crippen molar-refractivity contribution >= 4 is 27.3 Å². The molecule has 1 saturated heterocycles. The zero-order valence-electron chi connectivity index (χ0n) is 11.1. The number of hydrogen-bond donors (Lipinski definition) is 1. The first kappa shape index (κ1) is 16.0. The van der Waals surface area contributed by atoms with Crippen molar-refractivity contribution in [3.63, 3.8) is 0 Å². The number of sulfone groups is 1. The number of benzene rings is 1. The fraction of sp³-hybridized carbons (Fsp3) is 0.462. The van der Waals surface area contributed by atoms with Crippen LogP contribution in [-0.2, 0) is 14.6 Å². The average Bonchev–Trinajstić information content (AvgIpc) is 2.77. The van der Waals surface area contributed by atoms with Crippen LogP contribution in [0.1, 0.15) is 6.42 Å². The Morgan fingerprint density at radius 3 is 2.86 bits per heavy atom. The zero-order valence-corrected chi connectivity index (χ0v) is 12.7. The minimum Gasteiger partial charge on any atom is -0.484 e. The highest BCUT2D eigenvalue weighted by molar-refractivity contribution is 7.91. The van der Waals surface area contributed by atoms with Crippen molar-refractivity contribution in [3.05, 3.63) is 29.0 Å². The molecule has 1 aromatic rings. The first-order valence-corrected chi connectivity index (χ1v) is 8.60. The Morgan fingerprint density at radius 2 is 2.24 bits per heavy atom. The molecular weight excluding hydrogens is 321 g/mol. The Kier molecular flexibility index (Phi) is 5.05. The molecule has 1 atom stereocenters. The lowest BCUT2D eigenvalue weighted by molar-refractivity contribution is -0.123. The maximum absolute atomic E-state index is 12.9. The van der Waals surface area contributed by atoms with E-state index >= 15 is 0 Å². The molecule has 0 bridgehead atoms. The lowest BCUT2D eigenvalue weighted by Gasteiger charge is -2.10. The maximum atomic E-state index is 12.9. The predicted octanol–water partition coefficient (Wildman–Crippen LogP) is 1.41. The van der Waals surface area contributed by atoms with Crippen molar-refractivity contribution in [2.45, 2.75) is 6.42 Å². The normalized spacial score (nSPS) is 20.2. The molecule has 1 aliphatic rings. The number of ether oxygens (including phenoxy) is 1. The van der Waals surface area contributed by atoms with Crippen molar-refractivity contribution < 1.29 is 22.3 Å². The predicted molar refractivity (Wildman–Crippen MR) is 76.7 cm³/mol. The number of nitrogens with one attached hydrogen (secondary N) is 1. The second-order valence-electron chi connectivity index (χ2n) is 4.94. The Balaban J connectivity index is 1.74. The van der Waals surface area contributed by atoms with Gasteiger partial charge in [0.05, 0.1) is 16.5 Å². The van der Waals surface area contributed by atoms with Gasteiger partial charge in [-0.05, 0) is 24.5 Å². The molecule has 0 aromatic heterocycles. The van der Waals surface area contributed by atoms with E-state index in [1.165, 1.54) is 12.1 Å². The van der Waals surface area contributed by atoms with Gasteiger partial charge in [-0.1, -0.05) is 11.6 Å². The van der Waals surface area contributed by atoms with Gasteiger partial charge in [0.2, 0.25) is 0 Å². The summed E-state index contributed by atoms with van der Waals surface area (Å²) in [4.78, 5) is 11.6. The number of carbonyl (C=O) groups excluding carboxylic acids is 1. The summed E-state index contributed by atoms with van der Waals surface area (Å²) in [7, 11) is -2.94. The Hall–Kier alpha value is -1.34. The van der Waals surface area contributed by atoms with Gasteiger partial charge in [0, 0.05) is 12.6 Å². The van der Waals surface area contributed by atoms with Crippen molar-refractivity contribution in [1.29, 1.82) is 0 Å². The highest BCUT2D eigenvalue weighted by atomic mass is 35.5. The topological polar surface area (TPSA) is 72.5 Å². The third kappa shape index (κ3) is 4.86. The molecule has 2 rings (SSSR count). The van der Waals surface area contributed by atoms with Crippen LogP contribution in [0.5, 0.6) is 5.75 Å². The third-order valence-electron chi connectivity index (χ3n) is 3.18. The zero-order chi connectivity index (χ0) is 15.5. The number of hydrogen-bond acceptors (Lipinski definition) is 4. The summed E-state index contributed by atoms with van der Waals surface area (Å²) >= 11 is 5.59. The van der Waals surface area contributed by atoms with Crippen LogP contribution in [0.4, 0.5) is 4.39 Å². The van der Waals surface area contributed by atoms with E-state index in [9.17, 15) is 17.6 Å². The van der Waals surface area contributed by atoms with Gasteiger partial charge in [-0.3, -0.25) is 4.79 Å². The summed E-state index contributed by atoms with van der Waals surface area (Å²) < 4.78 is 40.7. The Labute approximate surface area is 127 Å². The maximum Gasteiger partial charge on any atom is 0.257 e. The van der Waals surface area contributed by atoms with Crippen LogP contribution in [0, 0.1) is 11.7 Å². The van der Waals surface area contributed by atoms with Crippen molar-refractivity contribution in [3.8, 4) is 5.75 Å². The molecule has 1 unspecified atom stereocenters. The van der Waals surface area contributed by atoms with E-state index in [1.807, 2.05) is 0 Å². The largest absolute Gasteiger partial charge is 0.484 e. The first-order chi connectivity index (χ1) is 9.85. The summed E-state index contributed by atoms with van der Waals surface area (Å²) in [5.41, 5.74) is 0. The summed E-state index contributed by atoms with van der Waals surface area (Å²) in [6.45, 7) is 0.0764. The standard InChI is InChI=1S/C13H15ClFNO4S/c14-11-5-10(1-2-12(11)15)20-7-13(17)16-6-9-3-4-21(18,19)8-9/h1-2,5,9H,3-4,6-8H2,(H,16,17). The van der Waals surface area contributed by atoms with E-state index in [4.69, 9.17) is 16.3 Å². The lowest BCUT2D eigenvalue weighted by Crippen LogP contribution is -2.33. The number of halogens is 2. The molecular formula is C13H15ClFNO4S. The van der Waals surface area contributed by atoms with Crippen LogP contribution < -0.4 is 10.1 Å². The van der Waals surface area contributed by atoms with Gasteiger partial charge in [-0.15, -0.1) is 0 Å². The summed E-state index contributed by atoms with van der Waals surface area (Å²) in [5.74, 6) is -0.380. The second kappa shape index (κ2) is 6.62. The molecule has 1 aromatic carbocycles. The van der Waals surface area contributed by atoms with E-state index in [1.54, 1.807) is 0 Å². The summed E-state index contributed by atoms with van der Waals surface area (Å²) in [6, 6.07) is 3.81. The van der Waals surface area contributed by atoms with Crippen molar-refractivity contribution in [2.75, 3.05) is 24.7 Å². The highest BCUT2D eigenvalue weighted by Gasteiger charge is 2.27. The highest BCUT2D eigenvalue weighted by Crippen LogP contribution is 2.21. The van der Waals surface area contributed by atoms with E-state index in [0.717, 1.165) is 6.07 Å². The molecule has 0 radical (unpaired) electrons. The van der Waals surface area contributed by atoms with Gasteiger partial charge in [-0.2, -0.15) is 0 Å². The quantitative estimate of drug-likeness (QED) is 0.883. The van der Waals surface area contributed by atoms with Gasteiger partial charge in [0.1, 0.15) is 11.6 Å². The molecule has 1 amide bonds. The molecule has 0 saturated carbocycles. The van der Waals surface area contributed by atoms with E-state index in [0.29, 0.717) is 18.7 Å². The number of carbonyl (C=O) groups is 1. The molecule has 1 fully saturated rings.